The molecule has 1 N–H and O–H groups in total. The van der Waals surface area contributed by atoms with Crippen molar-refractivity contribution in [1.82, 2.24) is 5.32 Å². The van der Waals surface area contributed by atoms with E-state index in [4.69, 9.17) is 0 Å². The number of rotatable bonds is 4. The highest BCUT2D eigenvalue weighted by Gasteiger charge is 2.24. The zero-order valence-electron chi connectivity index (χ0n) is 10.6. The molecule has 3 heteroatoms. The summed E-state index contributed by atoms with van der Waals surface area (Å²) in [5.74, 6) is 1.25. The number of halogens is 1. The predicted molar refractivity (Wildman–Crippen MR) is 69.8 cm³/mol. The predicted octanol–water partition coefficient (Wildman–Crippen LogP) is 2.51. The minimum absolute atomic E-state index is 0.166. The van der Waals surface area contributed by atoms with Crippen LogP contribution in [0.3, 0.4) is 0 Å². The normalized spacial score (nSPS) is 23.9. The third-order valence-corrected chi connectivity index (χ3v) is 3.71. The number of nitrogens with zero attached hydrogens (tertiary/aromatic N) is 1. The molecule has 94 valence electrons. The van der Waals surface area contributed by atoms with Crippen molar-refractivity contribution in [2.24, 2.45) is 11.8 Å². The average Bonchev–Trinajstić information content (AvgIpc) is 2.73. The van der Waals surface area contributed by atoms with Crippen LogP contribution in [0.1, 0.15) is 13.8 Å². The lowest BCUT2D eigenvalue weighted by atomic mass is 9.97. The van der Waals surface area contributed by atoms with Crippen LogP contribution in [0.15, 0.2) is 24.3 Å². The first-order valence-electron chi connectivity index (χ1n) is 6.42. The molecule has 0 unspecified atom stereocenters. The number of anilines is 1. The maximum Gasteiger partial charge on any atom is 0.123 e. The summed E-state index contributed by atoms with van der Waals surface area (Å²) >= 11 is 0. The molecule has 0 aliphatic carbocycles. The minimum Gasteiger partial charge on any atom is -0.371 e. The molecule has 1 heterocycles. The first-order chi connectivity index (χ1) is 8.20. The highest BCUT2D eigenvalue weighted by atomic mass is 19.1. The quantitative estimate of drug-likeness (QED) is 0.864. The van der Waals surface area contributed by atoms with Crippen LogP contribution in [-0.2, 0) is 0 Å². The van der Waals surface area contributed by atoms with Crippen LogP contribution in [0, 0.1) is 17.7 Å². The van der Waals surface area contributed by atoms with E-state index in [0.717, 1.165) is 37.8 Å². The lowest BCUT2D eigenvalue weighted by Gasteiger charge is -2.28. The Labute approximate surface area is 103 Å². The van der Waals surface area contributed by atoms with Gasteiger partial charge in [0.1, 0.15) is 5.82 Å². The molecule has 0 radical (unpaired) electrons. The molecule has 0 aromatic heterocycles. The zero-order chi connectivity index (χ0) is 12.3. The summed E-state index contributed by atoms with van der Waals surface area (Å²) in [4.78, 5) is 2.33. The second-order valence-electron chi connectivity index (χ2n) is 4.91. The van der Waals surface area contributed by atoms with Gasteiger partial charge in [0.2, 0.25) is 0 Å². The number of hydrogen-bond acceptors (Lipinski definition) is 2. The average molecular weight is 236 g/mol. The molecule has 1 aliphatic heterocycles. The molecule has 2 atom stereocenters. The Bertz CT molecular complexity index is 350. The molecule has 1 saturated heterocycles. The van der Waals surface area contributed by atoms with Crippen molar-refractivity contribution < 1.29 is 4.39 Å². The number of hydrogen-bond donors (Lipinski definition) is 1. The van der Waals surface area contributed by atoms with Crippen molar-refractivity contribution in [3.63, 3.8) is 0 Å². The third-order valence-electron chi connectivity index (χ3n) is 3.71. The summed E-state index contributed by atoms with van der Waals surface area (Å²) in [6.07, 6.45) is 0. The van der Waals surface area contributed by atoms with E-state index < -0.39 is 0 Å². The third kappa shape index (κ3) is 2.97. The van der Waals surface area contributed by atoms with Gasteiger partial charge in [-0.3, -0.25) is 0 Å². The lowest BCUT2D eigenvalue weighted by molar-refractivity contribution is 0.449. The molecule has 2 rings (SSSR count). The standard InChI is InChI=1S/C14H21FN2/c1-3-17(10-12-9-16-8-11(12)2)14-6-4-13(15)5-7-14/h4-7,11-12,16H,3,8-10H2,1-2H3/t11-,12+/m1/s1. The topological polar surface area (TPSA) is 15.3 Å². The van der Waals surface area contributed by atoms with Gasteiger partial charge in [-0.05, 0) is 56.1 Å². The Morgan fingerprint density at radius 2 is 2.00 bits per heavy atom. The molecule has 17 heavy (non-hydrogen) atoms. The van der Waals surface area contributed by atoms with E-state index in [-0.39, 0.29) is 5.82 Å². The van der Waals surface area contributed by atoms with E-state index in [1.165, 1.54) is 12.1 Å². The van der Waals surface area contributed by atoms with Gasteiger partial charge in [0, 0.05) is 18.8 Å². The van der Waals surface area contributed by atoms with E-state index >= 15 is 0 Å². The summed E-state index contributed by atoms with van der Waals surface area (Å²) in [5, 5.41) is 3.43. The molecule has 0 amide bonds. The van der Waals surface area contributed by atoms with Crippen LogP contribution in [-0.4, -0.2) is 26.2 Å². The molecular weight excluding hydrogens is 215 g/mol. The first-order valence-corrected chi connectivity index (χ1v) is 6.42. The van der Waals surface area contributed by atoms with Crippen molar-refractivity contribution in [1.29, 1.82) is 0 Å². The monoisotopic (exact) mass is 236 g/mol. The Morgan fingerprint density at radius 1 is 1.29 bits per heavy atom. The molecule has 1 fully saturated rings. The van der Waals surface area contributed by atoms with Crippen LogP contribution in [0.25, 0.3) is 0 Å². The van der Waals surface area contributed by atoms with Crippen molar-refractivity contribution in [2.45, 2.75) is 13.8 Å². The minimum atomic E-state index is -0.166. The van der Waals surface area contributed by atoms with Gasteiger partial charge in [0.05, 0.1) is 0 Å². The molecular formula is C14H21FN2. The maximum atomic E-state index is 12.9. The molecule has 1 aromatic rings. The lowest BCUT2D eigenvalue weighted by Crippen LogP contribution is -2.32. The molecule has 0 saturated carbocycles. The highest BCUT2D eigenvalue weighted by molar-refractivity contribution is 5.46. The number of nitrogens with one attached hydrogen (secondary N) is 1. The van der Waals surface area contributed by atoms with Gasteiger partial charge in [0.25, 0.3) is 0 Å². The highest BCUT2D eigenvalue weighted by Crippen LogP contribution is 2.21. The Hall–Kier alpha value is -1.09. The van der Waals surface area contributed by atoms with Crippen LogP contribution in [0.2, 0.25) is 0 Å². The van der Waals surface area contributed by atoms with Crippen molar-refractivity contribution in [3.05, 3.63) is 30.1 Å². The summed E-state index contributed by atoms with van der Waals surface area (Å²) in [6.45, 7) is 8.68. The van der Waals surface area contributed by atoms with Crippen LogP contribution >= 0.6 is 0 Å². The van der Waals surface area contributed by atoms with Gasteiger partial charge in [0.15, 0.2) is 0 Å². The first kappa shape index (κ1) is 12.4. The Balaban J connectivity index is 2.03. The molecule has 1 aliphatic rings. The molecule has 2 nitrogen and oxygen atoms in total. The molecule has 0 bridgehead atoms. The smallest absolute Gasteiger partial charge is 0.123 e. The van der Waals surface area contributed by atoms with Gasteiger partial charge >= 0.3 is 0 Å². The zero-order valence-corrected chi connectivity index (χ0v) is 10.6. The second-order valence-corrected chi connectivity index (χ2v) is 4.91. The molecule has 1 aromatic carbocycles. The second kappa shape index (κ2) is 5.50. The van der Waals surface area contributed by atoms with Crippen LogP contribution < -0.4 is 10.2 Å². The molecule has 0 spiro atoms. The summed E-state index contributed by atoms with van der Waals surface area (Å²) < 4.78 is 12.9. The van der Waals surface area contributed by atoms with Crippen molar-refractivity contribution in [3.8, 4) is 0 Å². The van der Waals surface area contributed by atoms with E-state index in [2.05, 4.69) is 24.1 Å². The van der Waals surface area contributed by atoms with Gasteiger partial charge in [-0.2, -0.15) is 0 Å². The van der Waals surface area contributed by atoms with Crippen molar-refractivity contribution in [2.75, 3.05) is 31.1 Å². The Morgan fingerprint density at radius 3 is 2.53 bits per heavy atom. The Kier molecular flexibility index (Phi) is 4.00. The van der Waals surface area contributed by atoms with Crippen molar-refractivity contribution >= 4 is 5.69 Å². The fourth-order valence-corrected chi connectivity index (χ4v) is 2.46. The number of benzene rings is 1. The van der Waals surface area contributed by atoms with Gasteiger partial charge in [-0.25, -0.2) is 4.39 Å². The van der Waals surface area contributed by atoms with Crippen LogP contribution in [0.4, 0.5) is 10.1 Å². The van der Waals surface area contributed by atoms with E-state index in [1.807, 2.05) is 12.1 Å². The van der Waals surface area contributed by atoms with Gasteiger partial charge in [-0.15, -0.1) is 0 Å². The summed E-state index contributed by atoms with van der Waals surface area (Å²) in [7, 11) is 0. The fourth-order valence-electron chi connectivity index (χ4n) is 2.46. The van der Waals surface area contributed by atoms with Crippen LogP contribution in [0.5, 0.6) is 0 Å². The SMILES string of the molecule is CCN(C[C@@H]1CNC[C@H]1C)c1ccc(F)cc1. The van der Waals surface area contributed by atoms with E-state index in [0.29, 0.717) is 5.92 Å². The summed E-state index contributed by atoms with van der Waals surface area (Å²) in [5.41, 5.74) is 1.12. The maximum absolute atomic E-state index is 12.9. The summed E-state index contributed by atoms with van der Waals surface area (Å²) in [6, 6.07) is 6.81. The van der Waals surface area contributed by atoms with E-state index in [1.54, 1.807) is 0 Å². The van der Waals surface area contributed by atoms with Gasteiger partial charge in [-0.1, -0.05) is 6.92 Å². The fraction of sp³-hybridized carbons (Fsp3) is 0.571. The van der Waals surface area contributed by atoms with E-state index in [9.17, 15) is 4.39 Å². The van der Waals surface area contributed by atoms with Gasteiger partial charge < -0.3 is 10.2 Å². The largest absolute Gasteiger partial charge is 0.371 e.